The van der Waals surface area contributed by atoms with E-state index in [2.05, 4.69) is 9.97 Å². The molecule has 21 heavy (non-hydrogen) atoms. The summed E-state index contributed by atoms with van der Waals surface area (Å²) in [6.45, 7) is 3.52. The van der Waals surface area contributed by atoms with Crippen LogP contribution in [-0.4, -0.2) is 46.6 Å². The number of nitrogens with zero attached hydrogens (tertiary/aromatic N) is 1. The summed E-state index contributed by atoms with van der Waals surface area (Å²) in [4.78, 5) is 41.7. The van der Waals surface area contributed by atoms with E-state index in [4.69, 9.17) is 4.74 Å². The summed E-state index contributed by atoms with van der Waals surface area (Å²) in [6.07, 6.45) is 0.0133. The number of aromatic amines is 2. The van der Waals surface area contributed by atoms with E-state index in [0.717, 1.165) is 0 Å². The number of hydrogen-bond donors (Lipinski definition) is 2. The van der Waals surface area contributed by atoms with Gasteiger partial charge in [-0.25, -0.2) is 0 Å². The molecule has 0 bridgehead atoms. The molecule has 1 aromatic heterocycles. The number of benzene rings is 1. The summed E-state index contributed by atoms with van der Waals surface area (Å²) in [5.41, 5.74) is -0.0340. The monoisotopic (exact) mass is 289 g/mol. The zero-order valence-corrected chi connectivity index (χ0v) is 11.5. The fourth-order valence-electron chi connectivity index (χ4n) is 2.43. The van der Waals surface area contributed by atoms with Crippen LogP contribution in [0.3, 0.4) is 0 Å². The van der Waals surface area contributed by atoms with Gasteiger partial charge in [0, 0.05) is 18.7 Å². The molecule has 0 saturated carbocycles. The lowest BCUT2D eigenvalue weighted by Gasteiger charge is -2.31. The summed E-state index contributed by atoms with van der Waals surface area (Å²) in [5, 5.41) is 0. The van der Waals surface area contributed by atoms with Crippen LogP contribution in [0.15, 0.2) is 27.8 Å². The lowest BCUT2D eigenvalue weighted by atomic mass is 10.1. The van der Waals surface area contributed by atoms with Gasteiger partial charge in [-0.15, -0.1) is 0 Å². The highest BCUT2D eigenvalue weighted by molar-refractivity contribution is 5.97. The van der Waals surface area contributed by atoms with Gasteiger partial charge in [-0.2, -0.15) is 0 Å². The minimum atomic E-state index is -0.730. The zero-order chi connectivity index (χ0) is 15.0. The normalized spacial score (nSPS) is 18.9. The third kappa shape index (κ3) is 2.59. The number of H-pyrrole nitrogens is 2. The number of morpholine rings is 1. The van der Waals surface area contributed by atoms with E-state index in [9.17, 15) is 14.4 Å². The molecule has 1 aromatic carbocycles. The van der Waals surface area contributed by atoms with Crippen molar-refractivity contribution in [3.63, 3.8) is 0 Å². The van der Waals surface area contributed by atoms with E-state index in [0.29, 0.717) is 36.3 Å². The number of aromatic nitrogens is 2. The second-order valence-electron chi connectivity index (χ2n) is 5.10. The Labute approximate surface area is 119 Å². The first-order chi connectivity index (χ1) is 10.0. The molecule has 2 heterocycles. The van der Waals surface area contributed by atoms with Crippen LogP contribution in [0.4, 0.5) is 0 Å². The molecule has 1 amide bonds. The van der Waals surface area contributed by atoms with Crippen molar-refractivity contribution in [3.05, 3.63) is 44.5 Å². The number of rotatable bonds is 1. The van der Waals surface area contributed by atoms with Gasteiger partial charge < -0.3 is 19.6 Å². The molecule has 110 valence electrons. The van der Waals surface area contributed by atoms with E-state index in [1.165, 1.54) is 0 Å². The molecule has 0 unspecified atom stereocenters. The van der Waals surface area contributed by atoms with Gasteiger partial charge in [0.2, 0.25) is 0 Å². The predicted molar refractivity (Wildman–Crippen MR) is 76.5 cm³/mol. The highest BCUT2D eigenvalue weighted by Crippen LogP contribution is 2.14. The van der Waals surface area contributed by atoms with E-state index in [1.807, 2.05) is 6.92 Å². The van der Waals surface area contributed by atoms with Crippen LogP contribution in [0.1, 0.15) is 17.3 Å². The molecule has 1 saturated heterocycles. The van der Waals surface area contributed by atoms with Gasteiger partial charge >= 0.3 is 11.1 Å². The third-order valence-corrected chi connectivity index (χ3v) is 3.50. The second-order valence-corrected chi connectivity index (χ2v) is 5.10. The molecule has 0 aliphatic carbocycles. The van der Waals surface area contributed by atoms with Gasteiger partial charge in [-0.1, -0.05) is 0 Å². The van der Waals surface area contributed by atoms with Gasteiger partial charge in [-0.3, -0.25) is 14.4 Å². The number of carbonyl (C=O) groups is 1. The van der Waals surface area contributed by atoms with Gasteiger partial charge in [0.25, 0.3) is 5.91 Å². The minimum absolute atomic E-state index is 0.0133. The molecule has 7 heteroatoms. The third-order valence-electron chi connectivity index (χ3n) is 3.50. The van der Waals surface area contributed by atoms with Crippen molar-refractivity contribution < 1.29 is 9.53 Å². The second kappa shape index (κ2) is 5.17. The summed E-state index contributed by atoms with van der Waals surface area (Å²) >= 11 is 0. The van der Waals surface area contributed by atoms with Crippen molar-refractivity contribution in [3.8, 4) is 0 Å². The summed E-state index contributed by atoms with van der Waals surface area (Å²) < 4.78 is 5.41. The molecule has 3 rings (SSSR count). The summed E-state index contributed by atoms with van der Waals surface area (Å²) in [5.74, 6) is -0.112. The lowest BCUT2D eigenvalue weighted by Crippen LogP contribution is -2.44. The molecular weight excluding hydrogens is 274 g/mol. The molecule has 7 nitrogen and oxygen atoms in total. The zero-order valence-electron chi connectivity index (χ0n) is 11.5. The molecule has 1 aliphatic heterocycles. The van der Waals surface area contributed by atoms with Gasteiger partial charge in [0.05, 0.1) is 23.7 Å². The van der Waals surface area contributed by atoms with Crippen molar-refractivity contribution in [1.29, 1.82) is 0 Å². The molecule has 0 spiro atoms. The van der Waals surface area contributed by atoms with E-state index in [1.54, 1.807) is 23.1 Å². The van der Waals surface area contributed by atoms with Gasteiger partial charge in [0.15, 0.2) is 0 Å². The highest BCUT2D eigenvalue weighted by atomic mass is 16.5. The Morgan fingerprint density at radius 2 is 1.95 bits per heavy atom. The molecule has 1 atom stereocenters. The smallest absolute Gasteiger partial charge is 0.314 e. The SMILES string of the molecule is C[C@@H]1CN(C(=O)c2ccc3[nH]c(=O)c(=O)[nH]c3c2)CCO1. The molecule has 2 N–H and O–H groups in total. The van der Waals surface area contributed by atoms with Crippen LogP contribution in [0.25, 0.3) is 11.0 Å². The van der Waals surface area contributed by atoms with E-state index in [-0.39, 0.29) is 12.0 Å². The fraction of sp³-hybridized carbons (Fsp3) is 0.357. The predicted octanol–water partition coefficient (Wildman–Crippen LogP) is 0.0773. The number of hydrogen-bond acceptors (Lipinski definition) is 4. The Balaban J connectivity index is 1.97. The van der Waals surface area contributed by atoms with Crippen molar-refractivity contribution in [2.75, 3.05) is 19.7 Å². The molecule has 0 radical (unpaired) electrons. The Morgan fingerprint density at radius 3 is 2.67 bits per heavy atom. The van der Waals surface area contributed by atoms with Crippen molar-refractivity contribution in [2.24, 2.45) is 0 Å². The number of amides is 1. The summed E-state index contributed by atoms with van der Waals surface area (Å²) in [7, 11) is 0. The first-order valence-electron chi connectivity index (χ1n) is 6.72. The van der Waals surface area contributed by atoms with Crippen LogP contribution in [-0.2, 0) is 4.74 Å². The summed E-state index contributed by atoms with van der Waals surface area (Å²) in [6, 6.07) is 4.83. The van der Waals surface area contributed by atoms with Crippen LogP contribution in [0.2, 0.25) is 0 Å². The maximum Gasteiger partial charge on any atom is 0.314 e. The quantitative estimate of drug-likeness (QED) is 0.727. The Kier molecular flexibility index (Phi) is 3.34. The minimum Gasteiger partial charge on any atom is -0.375 e. The number of fused-ring (bicyclic) bond motifs is 1. The van der Waals surface area contributed by atoms with Crippen LogP contribution < -0.4 is 11.1 Å². The van der Waals surface area contributed by atoms with Gasteiger partial charge in [-0.05, 0) is 25.1 Å². The maximum atomic E-state index is 12.4. The standard InChI is InChI=1S/C14H15N3O4/c1-8-7-17(4-5-21-8)14(20)9-2-3-10-11(6-9)16-13(19)12(18)15-10/h2-3,6,8H,4-5,7H2,1H3,(H,15,18)(H,16,19)/t8-/m1/s1. The van der Waals surface area contributed by atoms with Crippen LogP contribution in [0, 0.1) is 0 Å². The molecule has 2 aromatic rings. The first kappa shape index (κ1) is 13.6. The van der Waals surface area contributed by atoms with Crippen LogP contribution in [0.5, 0.6) is 0 Å². The van der Waals surface area contributed by atoms with Gasteiger partial charge in [0.1, 0.15) is 0 Å². The van der Waals surface area contributed by atoms with Crippen LogP contribution >= 0.6 is 0 Å². The fourth-order valence-corrected chi connectivity index (χ4v) is 2.43. The van der Waals surface area contributed by atoms with Crippen molar-refractivity contribution in [2.45, 2.75) is 13.0 Å². The number of carbonyl (C=O) groups excluding carboxylic acids is 1. The number of ether oxygens (including phenoxy) is 1. The van der Waals surface area contributed by atoms with Crippen molar-refractivity contribution >= 4 is 16.9 Å². The van der Waals surface area contributed by atoms with Crippen molar-refractivity contribution in [1.82, 2.24) is 14.9 Å². The average molecular weight is 289 g/mol. The Morgan fingerprint density at radius 1 is 1.24 bits per heavy atom. The largest absolute Gasteiger partial charge is 0.375 e. The lowest BCUT2D eigenvalue weighted by molar-refractivity contribution is -0.0124. The molecular formula is C14H15N3O4. The topological polar surface area (TPSA) is 95.3 Å². The number of nitrogens with one attached hydrogen (secondary N) is 2. The Hall–Kier alpha value is -2.41. The molecule has 1 aliphatic rings. The maximum absolute atomic E-state index is 12.4. The average Bonchev–Trinajstić information content (AvgIpc) is 2.47. The highest BCUT2D eigenvalue weighted by Gasteiger charge is 2.22. The molecule has 1 fully saturated rings. The van der Waals surface area contributed by atoms with E-state index < -0.39 is 11.1 Å². The first-order valence-corrected chi connectivity index (χ1v) is 6.72. The Bertz CT molecular complexity index is 808. The van der Waals surface area contributed by atoms with E-state index >= 15 is 0 Å².